The Labute approximate surface area is 121 Å². The third kappa shape index (κ3) is 2.99. The minimum atomic E-state index is -0.600. The first-order chi connectivity index (χ1) is 8.79. The van der Waals surface area contributed by atoms with Crippen molar-refractivity contribution in [1.82, 2.24) is 4.98 Å². The fraction of sp³-hybridized carbons (Fsp3) is 0.286. The first-order valence-corrected chi connectivity index (χ1v) is 6.52. The molecule has 0 atom stereocenters. The van der Waals surface area contributed by atoms with Gasteiger partial charge >= 0.3 is 5.97 Å². The largest absolute Gasteiger partial charge is 0.456 e. The van der Waals surface area contributed by atoms with Crippen molar-refractivity contribution < 1.29 is 9.53 Å². The highest BCUT2D eigenvalue weighted by Gasteiger charge is 2.24. The lowest BCUT2D eigenvalue weighted by Crippen LogP contribution is -2.24. The lowest BCUT2D eigenvalue weighted by molar-refractivity contribution is 0.00720. The Morgan fingerprint density at radius 2 is 1.84 bits per heavy atom. The van der Waals surface area contributed by atoms with Gasteiger partial charge < -0.3 is 4.74 Å². The number of aromatic nitrogens is 1. The molecule has 0 fully saturated rings. The normalized spacial score (nSPS) is 11.6. The van der Waals surface area contributed by atoms with Crippen molar-refractivity contribution in [1.29, 1.82) is 0 Å². The zero-order valence-electron chi connectivity index (χ0n) is 10.8. The van der Waals surface area contributed by atoms with Gasteiger partial charge in [0.2, 0.25) is 0 Å². The molecule has 1 heterocycles. The van der Waals surface area contributed by atoms with E-state index in [4.69, 9.17) is 27.9 Å². The molecule has 0 N–H and O–H groups in total. The lowest BCUT2D eigenvalue weighted by atomic mass is 10.1. The first kappa shape index (κ1) is 14.1. The summed E-state index contributed by atoms with van der Waals surface area (Å²) in [5.74, 6) is -0.502. The fourth-order valence-corrected chi connectivity index (χ4v) is 2.09. The SMILES string of the molecule is CC(C)(C)OC(=O)c1c(Cl)c(Cl)nc2ccccc12. The molecule has 1 aromatic carbocycles. The number of benzene rings is 1. The maximum atomic E-state index is 12.3. The van der Waals surface area contributed by atoms with Crippen LogP contribution in [0, 0.1) is 0 Å². The van der Waals surface area contributed by atoms with E-state index in [1.807, 2.05) is 12.1 Å². The molecule has 19 heavy (non-hydrogen) atoms. The van der Waals surface area contributed by atoms with Crippen LogP contribution in [0.2, 0.25) is 10.2 Å². The summed E-state index contributed by atoms with van der Waals surface area (Å²) in [5, 5.41) is 0.849. The van der Waals surface area contributed by atoms with Gasteiger partial charge in [-0.2, -0.15) is 0 Å². The Balaban J connectivity index is 2.64. The van der Waals surface area contributed by atoms with E-state index in [9.17, 15) is 4.79 Å². The molecule has 0 spiro atoms. The average Bonchev–Trinajstić information content (AvgIpc) is 2.28. The summed E-state index contributed by atoms with van der Waals surface area (Å²) in [6.45, 7) is 5.39. The van der Waals surface area contributed by atoms with Gasteiger partial charge in [-0.1, -0.05) is 41.4 Å². The van der Waals surface area contributed by atoms with E-state index < -0.39 is 11.6 Å². The van der Waals surface area contributed by atoms with Gasteiger partial charge in [-0.05, 0) is 26.8 Å². The predicted molar refractivity (Wildman–Crippen MR) is 76.9 cm³/mol. The number of para-hydroxylation sites is 1. The van der Waals surface area contributed by atoms with Crippen LogP contribution in [0.4, 0.5) is 0 Å². The fourth-order valence-electron chi connectivity index (χ4n) is 1.69. The Kier molecular flexibility index (Phi) is 3.70. The molecule has 0 unspecified atom stereocenters. The molecule has 5 heteroatoms. The van der Waals surface area contributed by atoms with Crippen molar-refractivity contribution >= 4 is 40.1 Å². The minimum absolute atomic E-state index is 0.0984. The quantitative estimate of drug-likeness (QED) is 0.575. The monoisotopic (exact) mass is 297 g/mol. The van der Waals surface area contributed by atoms with Gasteiger partial charge in [-0.15, -0.1) is 0 Å². The smallest absolute Gasteiger partial charge is 0.340 e. The number of ether oxygens (including phenoxy) is 1. The Hall–Kier alpha value is -1.32. The molecule has 0 bridgehead atoms. The highest BCUT2D eigenvalue weighted by Crippen LogP contribution is 2.31. The molecule has 0 radical (unpaired) electrons. The van der Waals surface area contributed by atoms with Crippen LogP contribution in [-0.4, -0.2) is 16.6 Å². The predicted octanol–water partition coefficient (Wildman–Crippen LogP) is 4.50. The van der Waals surface area contributed by atoms with Crippen molar-refractivity contribution in [2.45, 2.75) is 26.4 Å². The number of fused-ring (bicyclic) bond motifs is 1. The van der Waals surface area contributed by atoms with Crippen LogP contribution in [-0.2, 0) is 4.74 Å². The van der Waals surface area contributed by atoms with Gasteiger partial charge in [0.05, 0.1) is 16.1 Å². The second kappa shape index (κ2) is 4.99. The lowest BCUT2D eigenvalue weighted by Gasteiger charge is -2.20. The zero-order valence-corrected chi connectivity index (χ0v) is 12.3. The zero-order chi connectivity index (χ0) is 14.2. The minimum Gasteiger partial charge on any atom is -0.456 e. The number of hydrogen-bond donors (Lipinski definition) is 0. The summed E-state index contributed by atoms with van der Waals surface area (Å²) in [4.78, 5) is 16.4. The molecule has 0 amide bonds. The standard InChI is InChI=1S/C14H13Cl2NO2/c1-14(2,3)19-13(18)10-8-6-4-5-7-9(8)17-12(16)11(10)15/h4-7H,1-3H3. The van der Waals surface area contributed by atoms with Gasteiger partial charge in [-0.3, -0.25) is 0 Å². The second-order valence-corrected chi connectivity index (χ2v) is 5.85. The summed E-state index contributed by atoms with van der Waals surface area (Å²) in [7, 11) is 0. The summed E-state index contributed by atoms with van der Waals surface area (Å²) in [6.07, 6.45) is 0. The van der Waals surface area contributed by atoms with E-state index in [0.717, 1.165) is 0 Å². The first-order valence-electron chi connectivity index (χ1n) is 5.76. The van der Waals surface area contributed by atoms with E-state index in [1.165, 1.54) is 0 Å². The van der Waals surface area contributed by atoms with E-state index in [-0.39, 0.29) is 15.7 Å². The number of carbonyl (C=O) groups excluding carboxylic acids is 1. The van der Waals surface area contributed by atoms with E-state index >= 15 is 0 Å². The van der Waals surface area contributed by atoms with Crippen LogP contribution in [0.15, 0.2) is 24.3 Å². The number of nitrogens with zero attached hydrogens (tertiary/aromatic N) is 1. The average molecular weight is 298 g/mol. The van der Waals surface area contributed by atoms with Gasteiger partial charge in [-0.25, -0.2) is 9.78 Å². The summed E-state index contributed by atoms with van der Waals surface area (Å²) in [5.41, 5.74) is 0.266. The van der Waals surface area contributed by atoms with Crippen LogP contribution >= 0.6 is 23.2 Å². The van der Waals surface area contributed by atoms with Crippen molar-refractivity contribution in [3.05, 3.63) is 40.0 Å². The van der Waals surface area contributed by atoms with E-state index in [1.54, 1.807) is 32.9 Å². The molecular formula is C14H13Cl2NO2. The van der Waals surface area contributed by atoms with Crippen LogP contribution in [0.5, 0.6) is 0 Å². The maximum absolute atomic E-state index is 12.3. The van der Waals surface area contributed by atoms with E-state index in [0.29, 0.717) is 10.9 Å². The second-order valence-electron chi connectivity index (χ2n) is 5.11. The molecule has 3 nitrogen and oxygen atoms in total. The summed E-state index contributed by atoms with van der Waals surface area (Å²) in [6, 6.07) is 7.16. The number of halogens is 2. The number of hydrogen-bond acceptors (Lipinski definition) is 3. The molecule has 2 rings (SSSR count). The number of esters is 1. The van der Waals surface area contributed by atoms with Crippen molar-refractivity contribution in [2.75, 3.05) is 0 Å². The number of carbonyl (C=O) groups is 1. The van der Waals surface area contributed by atoms with Crippen LogP contribution in [0.1, 0.15) is 31.1 Å². The van der Waals surface area contributed by atoms with E-state index in [2.05, 4.69) is 4.98 Å². The summed E-state index contributed by atoms with van der Waals surface area (Å²) >= 11 is 12.1. The third-order valence-corrected chi connectivity index (χ3v) is 3.13. The highest BCUT2D eigenvalue weighted by atomic mass is 35.5. The van der Waals surface area contributed by atoms with Gasteiger partial charge in [0.1, 0.15) is 10.8 Å². The topological polar surface area (TPSA) is 39.2 Å². The van der Waals surface area contributed by atoms with Crippen molar-refractivity contribution in [3.63, 3.8) is 0 Å². The highest BCUT2D eigenvalue weighted by molar-refractivity contribution is 6.44. The molecule has 0 saturated heterocycles. The maximum Gasteiger partial charge on any atom is 0.340 e. The van der Waals surface area contributed by atoms with Crippen molar-refractivity contribution in [2.24, 2.45) is 0 Å². The molecular weight excluding hydrogens is 285 g/mol. The number of pyridine rings is 1. The molecule has 0 aliphatic heterocycles. The molecule has 1 aromatic heterocycles. The van der Waals surface area contributed by atoms with Crippen LogP contribution in [0.3, 0.4) is 0 Å². The third-order valence-electron chi connectivity index (χ3n) is 2.40. The molecule has 0 aliphatic rings. The van der Waals surface area contributed by atoms with Gasteiger partial charge in [0.25, 0.3) is 0 Å². The van der Waals surface area contributed by atoms with Crippen LogP contribution < -0.4 is 0 Å². The molecule has 100 valence electrons. The van der Waals surface area contributed by atoms with Crippen LogP contribution in [0.25, 0.3) is 10.9 Å². The number of rotatable bonds is 1. The van der Waals surface area contributed by atoms with Gasteiger partial charge in [0, 0.05) is 5.39 Å². The summed E-state index contributed by atoms with van der Waals surface area (Å²) < 4.78 is 5.36. The Morgan fingerprint density at radius 3 is 2.47 bits per heavy atom. The Bertz CT molecular complexity index is 648. The van der Waals surface area contributed by atoms with Crippen molar-refractivity contribution in [3.8, 4) is 0 Å². The molecule has 0 aliphatic carbocycles. The molecule has 0 saturated carbocycles. The Morgan fingerprint density at radius 1 is 1.21 bits per heavy atom. The molecule has 2 aromatic rings. The van der Waals surface area contributed by atoms with Gasteiger partial charge in [0.15, 0.2) is 0 Å².